The maximum Gasteiger partial charge on any atom is 0.183 e. The first-order valence-electron chi connectivity index (χ1n) is 7.36. The molecule has 0 amide bonds. The SMILES string of the molecule is Cc1cnc(C(=O)CC(C)C)c2c1c1ccccc1n2C. The number of fused-ring (bicyclic) bond motifs is 3. The standard InChI is InChI=1S/C18H20N2O/c1-11(2)9-15(21)17-18-16(12(3)10-19-17)13-7-5-6-8-14(13)20(18)4/h5-8,10-11H,9H2,1-4H3. The molecular weight excluding hydrogens is 260 g/mol. The number of hydrogen-bond acceptors (Lipinski definition) is 2. The first-order chi connectivity index (χ1) is 10.0. The van der Waals surface area contributed by atoms with E-state index in [0.717, 1.165) is 22.0 Å². The lowest BCUT2D eigenvalue weighted by Crippen LogP contribution is -2.08. The summed E-state index contributed by atoms with van der Waals surface area (Å²) in [5, 5.41) is 2.34. The van der Waals surface area contributed by atoms with Gasteiger partial charge >= 0.3 is 0 Å². The van der Waals surface area contributed by atoms with E-state index in [0.29, 0.717) is 18.0 Å². The third kappa shape index (κ3) is 2.13. The molecule has 2 aromatic heterocycles. The maximum atomic E-state index is 12.5. The van der Waals surface area contributed by atoms with Crippen LogP contribution in [0.5, 0.6) is 0 Å². The van der Waals surface area contributed by atoms with Crippen molar-refractivity contribution >= 4 is 27.6 Å². The van der Waals surface area contributed by atoms with Crippen molar-refractivity contribution in [2.45, 2.75) is 27.2 Å². The first-order valence-corrected chi connectivity index (χ1v) is 7.36. The number of para-hydroxylation sites is 1. The fourth-order valence-corrected chi connectivity index (χ4v) is 3.03. The number of nitrogens with zero attached hydrogens (tertiary/aromatic N) is 2. The molecule has 0 unspecified atom stereocenters. The van der Waals surface area contributed by atoms with Gasteiger partial charge in [0.2, 0.25) is 0 Å². The van der Waals surface area contributed by atoms with Gasteiger partial charge in [-0.2, -0.15) is 0 Å². The molecule has 21 heavy (non-hydrogen) atoms. The van der Waals surface area contributed by atoms with Crippen molar-refractivity contribution in [3.05, 3.63) is 41.7 Å². The minimum Gasteiger partial charge on any atom is -0.342 e. The number of aryl methyl sites for hydroxylation is 2. The van der Waals surface area contributed by atoms with Crippen LogP contribution in [-0.2, 0) is 7.05 Å². The minimum atomic E-state index is 0.126. The summed E-state index contributed by atoms with van der Waals surface area (Å²) < 4.78 is 2.10. The van der Waals surface area contributed by atoms with Crippen LogP contribution in [0.25, 0.3) is 21.8 Å². The molecule has 2 heterocycles. The second kappa shape index (κ2) is 4.99. The summed E-state index contributed by atoms with van der Waals surface area (Å²) in [5.41, 5.74) is 3.81. The van der Waals surface area contributed by atoms with Crippen molar-refractivity contribution in [2.75, 3.05) is 0 Å². The molecule has 0 aliphatic heterocycles. The molecule has 0 bridgehead atoms. The predicted octanol–water partition coefficient (Wildman–Crippen LogP) is 4.26. The van der Waals surface area contributed by atoms with Crippen LogP contribution in [0.4, 0.5) is 0 Å². The molecule has 3 nitrogen and oxygen atoms in total. The van der Waals surface area contributed by atoms with E-state index < -0.39 is 0 Å². The molecule has 3 heteroatoms. The quantitative estimate of drug-likeness (QED) is 0.672. The summed E-state index contributed by atoms with van der Waals surface area (Å²) in [4.78, 5) is 17.0. The second-order valence-corrected chi connectivity index (χ2v) is 6.11. The van der Waals surface area contributed by atoms with Crippen LogP contribution in [0.2, 0.25) is 0 Å². The summed E-state index contributed by atoms with van der Waals surface area (Å²) in [5.74, 6) is 0.464. The highest BCUT2D eigenvalue weighted by molar-refractivity contribution is 6.16. The van der Waals surface area contributed by atoms with Crippen molar-refractivity contribution < 1.29 is 4.79 Å². The Hall–Kier alpha value is -2.16. The lowest BCUT2D eigenvalue weighted by molar-refractivity contribution is 0.0964. The number of hydrogen-bond donors (Lipinski definition) is 0. The number of ketones is 1. The van der Waals surface area contributed by atoms with E-state index in [9.17, 15) is 4.79 Å². The van der Waals surface area contributed by atoms with Crippen LogP contribution in [-0.4, -0.2) is 15.3 Å². The molecule has 0 radical (unpaired) electrons. The highest BCUT2D eigenvalue weighted by Gasteiger charge is 2.19. The van der Waals surface area contributed by atoms with Crippen molar-refractivity contribution in [3.8, 4) is 0 Å². The predicted molar refractivity (Wildman–Crippen MR) is 86.7 cm³/mol. The Balaban J connectivity index is 2.38. The number of aromatic nitrogens is 2. The Morgan fingerprint density at radius 2 is 2.00 bits per heavy atom. The topological polar surface area (TPSA) is 34.9 Å². The molecule has 0 aliphatic rings. The van der Waals surface area contributed by atoms with E-state index in [4.69, 9.17) is 0 Å². The summed E-state index contributed by atoms with van der Waals surface area (Å²) in [6.45, 7) is 6.17. The fourth-order valence-electron chi connectivity index (χ4n) is 3.03. The minimum absolute atomic E-state index is 0.126. The zero-order chi connectivity index (χ0) is 15.1. The van der Waals surface area contributed by atoms with Gasteiger partial charge in [0.1, 0.15) is 5.69 Å². The summed E-state index contributed by atoms with van der Waals surface area (Å²) >= 11 is 0. The number of rotatable bonds is 3. The van der Waals surface area contributed by atoms with Crippen molar-refractivity contribution in [2.24, 2.45) is 13.0 Å². The Labute approximate surface area is 124 Å². The van der Waals surface area contributed by atoms with Gasteiger partial charge in [0.15, 0.2) is 5.78 Å². The molecule has 3 rings (SSSR count). The molecule has 0 N–H and O–H groups in total. The lowest BCUT2D eigenvalue weighted by atomic mass is 10.0. The number of pyridine rings is 1. The largest absolute Gasteiger partial charge is 0.342 e. The Bertz CT molecular complexity index is 843. The molecule has 0 fully saturated rings. The molecule has 0 saturated heterocycles. The molecule has 0 atom stereocenters. The summed E-state index contributed by atoms with van der Waals surface area (Å²) in [7, 11) is 2.01. The van der Waals surface area contributed by atoms with E-state index in [1.807, 2.05) is 25.4 Å². The van der Waals surface area contributed by atoms with Gasteiger partial charge in [0.25, 0.3) is 0 Å². The van der Waals surface area contributed by atoms with Crippen LogP contribution in [0, 0.1) is 12.8 Å². The Morgan fingerprint density at radius 1 is 1.29 bits per heavy atom. The molecule has 108 valence electrons. The zero-order valence-corrected chi connectivity index (χ0v) is 13.0. The fraction of sp³-hybridized carbons (Fsp3) is 0.333. The van der Waals surface area contributed by atoms with Crippen LogP contribution >= 0.6 is 0 Å². The molecule has 1 aromatic carbocycles. The van der Waals surface area contributed by atoms with E-state index in [-0.39, 0.29) is 5.78 Å². The van der Waals surface area contributed by atoms with E-state index in [1.165, 1.54) is 5.39 Å². The average molecular weight is 280 g/mol. The van der Waals surface area contributed by atoms with Crippen molar-refractivity contribution in [1.29, 1.82) is 0 Å². The lowest BCUT2D eigenvalue weighted by Gasteiger charge is -2.08. The third-order valence-electron chi connectivity index (χ3n) is 3.97. The van der Waals surface area contributed by atoms with Crippen LogP contribution < -0.4 is 0 Å². The second-order valence-electron chi connectivity index (χ2n) is 6.11. The smallest absolute Gasteiger partial charge is 0.183 e. The average Bonchev–Trinajstić information content (AvgIpc) is 2.74. The third-order valence-corrected chi connectivity index (χ3v) is 3.97. The van der Waals surface area contributed by atoms with Gasteiger partial charge in [0.05, 0.1) is 5.52 Å². The Kier molecular flexibility index (Phi) is 3.28. The number of benzene rings is 1. The van der Waals surface area contributed by atoms with Gasteiger partial charge in [-0.1, -0.05) is 32.0 Å². The van der Waals surface area contributed by atoms with Gasteiger partial charge in [-0.3, -0.25) is 9.78 Å². The van der Waals surface area contributed by atoms with Crippen LogP contribution in [0.15, 0.2) is 30.5 Å². The highest BCUT2D eigenvalue weighted by Crippen LogP contribution is 2.32. The van der Waals surface area contributed by atoms with Gasteiger partial charge in [-0.05, 0) is 24.5 Å². The van der Waals surface area contributed by atoms with Gasteiger partial charge < -0.3 is 4.57 Å². The van der Waals surface area contributed by atoms with Gasteiger partial charge in [-0.15, -0.1) is 0 Å². The molecule has 0 spiro atoms. The Morgan fingerprint density at radius 3 is 2.71 bits per heavy atom. The molecule has 0 aliphatic carbocycles. The maximum absolute atomic E-state index is 12.5. The normalized spacial score (nSPS) is 11.7. The van der Waals surface area contributed by atoms with Crippen LogP contribution in [0.3, 0.4) is 0 Å². The number of carbonyl (C=O) groups excluding carboxylic acids is 1. The first kappa shape index (κ1) is 13.8. The van der Waals surface area contributed by atoms with Crippen molar-refractivity contribution in [1.82, 2.24) is 9.55 Å². The molecule has 3 aromatic rings. The van der Waals surface area contributed by atoms with E-state index >= 15 is 0 Å². The summed E-state index contributed by atoms with van der Waals surface area (Å²) in [6, 6.07) is 8.27. The molecular formula is C18H20N2O. The highest BCUT2D eigenvalue weighted by atomic mass is 16.1. The monoisotopic (exact) mass is 280 g/mol. The van der Waals surface area contributed by atoms with Gasteiger partial charge in [0, 0.05) is 36.0 Å². The van der Waals surface area contributed by atoms with Crippen LogP contribution in [0.1, 0.15) is 36.3 Å². The molecule has 0 saturated carbocycles. The van der Waals surface area contributed by atoms with E-state index in [2.05, 4.69) is 42.5 Å². The number of Topliss-reactive ketones (excluding diaryl/α,β-unsaturated/α-hetero) is 1. The van der Waals surface area contributed by atoms with E-state index in [1.54, 1.807) is 0 Å². The summed E-state index contributed by atoms with van der Waals surface area (Å²) in [6.07, 6.45) is 2.36. The number of carbonyl (C=O) groups is 1. The van der Waals surface area contributed by atoms with Crippen molar-refractivity contribution in [3.63, 3.8) is 0 Å². The zero-order valence-electron chi connectivity index (χ0n) is 13.0. The van der Waals surface area contributed by atoms with Gasteiger partial charge in [-0.25, -0.2) is 0 Å².